The molecule has 2 aromatic rings. The molecule has 0 saturated carbocycles. The van der Waals surface area contributed by atoms with Gasteiger partial charge in [-0.1, -0.05) is 12.1 Å². The van der Waals surface area contributed by atoms with Crippen LogP contribution in [-0.4, -0.2) is 33.0 Å². The minimum Gasteiger partial charge on any atom is -0.480 e. The number of aromatic nitrogens is 2. The fourth-order valence-electron chi connectivity index (χ4n) is 1.39. The molecule has 1 atom stereocenters. The number of carboxylic acid groups (broad SMARTS) is 1. The van der Waals surface area contributed by atoms with Crippen molar-refractivity contribution in [2.75, 3.05) is 0 Å². The third-order valence-electron chi connectivity index (χ3n) is 2.32. The fraction of sp³-hybridized carbons (Fsp3) is 0.182. The Hall–Kier alpha value is -2.37. The number of carboxylic acids is 1. The smallest absolute Gasteiger partial charge is 0.325 e. The standard InChI is InChI=1S/C11H11N3O3/c1-6(11(16)17)12-10(15)9-13-7-4-2-3-5-8(7)14-9/h2-6H,1H3,(H,12,15)(H,13,14)(H,16,17). The molecule has 0 fully saturated rings. The molecule has 2 rings (SSSR count). The summed E-state index contributed by atoms with van der Waals surface area (Å²) in [6, 6.07) is 6.24. The number of carbonyl (C=O) groups is 2. The van der Waals surface area contributed by atoms with Crippen molar-refractivity contribution in [3.05, 3.63) is 30.1 Å². The molecule has 0 spiro atoms. The maximum atomic E-state index is 11.7. The van der Waals surface area contributed by atoms with Gasteiger partial charge >= 0.3 is 5.97 Å². The molecule has 1 heterocycles. The Labute approximate surface area is 96.7 Å². The second kappa shape index (κ2) is 4.25. The van der Waals surface area contributed by atoms with Crippen LogP contribution in [0.3, 0.4) is 0 Å². The van der Waals surface area contributed by atoms with Crippen molar-refractivity contribution in [2.45, 2.75) is 13.0 Å². The predicted octanol–water partition coefficient (Wildman–Crippen LogP) is 0.766. The van der Waals surface area contributed by atoms with E-state index in [4.69, 9.17) is 5.11 Å². The van der Waals surface area contributed by atoms with Crippen LogP contribution in [0, 0.1) is 0 Å². The van der Waals surface area contributed by atoms with Gasteiger partial charge in [0, 0.05) is 0 Å². The Bertz CT molecular complexity index is 543. The van der Waals surface area contributed by atoms with Gasteiger partial charge < -0.3 is 15.4 Å². The van der Waals surface area contributed by atoms with Gasteiger partial charge in [-0.2, -0.15) is 0 Å². The Morgan fingerprint density at radius 3 is 2.76 bits per heavy atom. The maximum Gasteiger partial charge on any atom is 0.325 e. The number of aromatic amines is 1. The summed E-state index contributed by atoms with van der Waals surface area (Å²) in [6.45, 7) is 1.39. The van der Waals surface area contributed by atoms with E-state index in [2.05, 4.69) is 15.3 Å². The minimum atomic E-state index is -1.09. The Balaban J connectivity index is 2.22. The number of imidazole rings is 1. The first-order valence-electron chi connectivity index (χ1n) is 5.06. The zero-order chi connectivity index (χ0) is 12.4. The van der Waals surface area contributed by atoms with E-state index in [0.29, 0.717) is 5.52 Å². The number of amides is 1. The molecular weight excluding hydrogens is 222 g/mol. The number of carbonyl (C=O) groups excluding carboxylic acids is 1. The van der Waals surface area contributed by atoms with Crippen LogP contribution in [0.2, 0.25) is 0 Å². The molecule has 17 heavy (non-hydrogen) atoms. The van der Waals surface area contributed by atoms with E-state index < -0.39 is 17.9 Å². The first-order valence-corrected chi connectivity index (χ1v) is 5.06. The van der Waals surface area contributed by atoms with Crippen LogP contribution in [0.15, 0.2) is 24.3 Å². The van der Waals surface area contributed by atoms with Crippen LogP contribution < -0.4 is 5.32 Å². The fourth-order valence-corrected chi connectivity index (χ4v) is 1.39. The molecule has 1 amide bonds. The van der Waals surface area contributed by atoms with Gasteiger partial charge in [-0.3, -0.25) is 9.59 Å². The van der Waals surface area contributed by atoms with Gasteiger partial charge in [-0.15, -0.1) is 0 Å². The number of para-hydroxylation sites is 2. The second-order valence-electron chi connectivity index (χ2n) is 3.64. The average molecular weight is 233 g/mol. The van der Waals surface area contributed by atoms with Gasteiger partial charge in [0.25, 0.3) is 5.91 Å². The molecule has 1 aromatic heterocycles. The summed E-state index contributed by atoms with van der Waals surface area (Å²) in [4.78, 5) is 29.1. The zero-order valence-corrected chi connectivity index (χ0v) is 9.10. The van der Waals surface area contributed by atoms with Crippen molar-refractivity contribution in [3.8, 4) is 0 Å². The van der Waals surface area contributed by atoms with Crippen molar-refractivity contribution in [2.24, 2.45) is 0 Å². The lowest BCUT2D eigenvalue weighted by atomic mass is 10.3. The highest BCUT2D eigenvalue weighted by Crippen LogP contribution is 2.10. The number of nitrogens with one attached hydrogen (secondary N) is 2. The van der Waals surface area contributed by atoms with Crippen LogP contribution in [0.25, 0.3) is 11.0 Å². The molecule has 0 aliphatic rings. The first kappa shape index (κ1) is 11.1. The second-order valence-corrected chi connectivity index (χ2v) is 3.64. The van der Waals surface area contributed by atoms with Crippen molar-refractivity contribution in [3.63, 3.8) is 0 Å². The normalized spacial score (nSPS) is 12.3. The summed E-state index contributed by atoms with van der Waals surface area (Å²) in [5.41, 5.74) is 1.40. The van der Waals surface area contributed by atoms with Crippen molar-refractivity contribution < 1.29 is 14.7 Å². The molecule has 1 unspecified atom stereocenters. The van der Waals surface area contributed by atoms with Gasteiger partial charge in [0.2, 0.25) is 0 Å². The topological polar surface area (TPSA) is 95.1 Å². The Morgan fingerprint density at radius 1 is 1.41 bits per heavy atom. The number of hydrogen-bond acceptors (Lipinski definition) is 3. The zero-order valence-electron chi connectivity index (χ0n) is 9.10. The summed E-state index contributed by atoms with van der Waals surface area (Å²) in [5.74, 6) is -1.51. The molecule has 1 aromatic carbocycles. The molecule has 0 bridgehead atoms. The highest BCUT2D eigenvalue weighted by atomic mass is 16.4. The van der Waals surface area contributed by atoms with Crippen LogP contribution in [0.1, 0.15) is 17.5 Å². The van der Waals surface area contributed by atoms with Crippen LogP contribution >= 0.6 is 0 Å². The van der Waals surface area contributed by atoms with Crippen LogP contribution in [0.5, 0.6) is 0 Å². The molecule has 0 saturated heterocycles. The Morgan fingerprint density at radius 2 is 2.12 bits per heavy atom. The molecule has 6 nitrogen and oxygen atoms in total. The van der Waals surface area contributed by atoms with E-state index in [0.717, 1.165) is 5.52 Å². The SMILES string of the molecule is CC(NC(=O)c1nc2ccccc2[nH]1)C(=O)O. The van der Waals surface area contributed by atoms with Crippen molar-refractivity contribution in [1.82, 2.24) is 15.3 Å². The molecule has 0 radical (unpaired) electrons. The molecule has 0 aliphatic carbocycles. The van der Waals surface area contributed by atoms with E-state index in [9.17, 15) is 9.59 Å². The molecule has 0 aliphatic heterocycles. The van der Waals surface area contributed by atoms with Gasteiger partial charge in [-0.25, -0.2) is 4.98 Å². The highest BCUT2D eigenvalue weighted by Gasteiger charge is 2.17. The lowest BCUT2D eigenvalue weighted by Crippen LogP contribution is -2.38. The third kappa shape index (κ3) is 2.25. The minimum absolute atomic E-state index is 0.110. The van der Waals surface area contributed by atoms with Crippen LogP contribution in [0.4, 0.5) is 0 Å². The first-order chi connectivity index (χ1) is 8.08. The molecule has 88 valence electrons. The highest BCUT2D eigenvalue weighted by molar-refractivity contribution is 5.96. The largest absolute Gasteiger partial charge is 0.480 e. The lowest BCUT2D eigenvalue weighted by Gasteiger charge is -2.06. The van der Waals surface area contributed by atoms with Crippen molar-refractivity contribution in [1.29, 1.82) is 0 Å². The summed E-state index contributed by atoms with van der Waals surface area (Å²) < 4.78 is 0. The summed E-state index contributed by atoms with van der Waals surface area (Å²) in [7, 11) is 0. The third-order valence-corrected chi connectivity index (χ3v) is 2.32. The predicted molar refractivity (Wildman–Crippen MR) is 60.7 cm³/mol. The summed E-state index contributed by atoms with van der Waals surface area (Å²) in [6.07, 6.45) is 0. The summed E-state index contributed by atoms with van der Waals surface area (Å²) in [5, 5.41) is 11.0. The van der Waals surface area contributed by atoms with Gasteiger partial charge in [0.05, 0.1) is 11.0 Å². The van der Waals surface area contributed by atoms with Crippen LogP contribution in [-0.2, 0) is 4.79 Å². The van der Waals surface area contributed by atoms with Gasteiger partial charge in [0.15, 0.2) is 5.82 Å². The number of benzene rings is 1. The van der Waals surface area contributed by atoms with E-state index in [1.165, 1.54) is 6.92 Å². The summed E-state index contributed by atoms with van der Waals surface area (Å²) >= 11 is 0. The Kier molecular flexibility index (Phi) is 2.78. The maximum absolute atomic E-state index is 11.7. The lowest BCUT2D eigenvalue weighted by molar-refractivity contribution is -0.138. The van der Waals surface area contributed by atoms with Gasteiger partial charge in [-0.05, 0) is 19.1 Å². The quantitative estimate of drug-likeness (QED) is 0.729. The number of H-pyrrole nitrogens is 1. The van der Waals surface area contributed by atoms with E-state index in [-0.39, 0.29) is 5.82 Å². The molecular formula is C11H11N3O3. The molecule has 3 N–H and O–H groups in total. The van der Waals surface area contributed by atoms with E-state index in [1.54, 1.807) is 12.1 Å². The monoisotopic (exact) mass is 233 g/mol. The number of rotatable bonds is 3. The van der Waals surface area contributed by atoms with Gasteiger partial charge in [0.1, 0.15) is 6.04 Å². The number of hydrogen-bond donors (Lipinski definition) is 3. The average Bonchev–Trinajstić information content (AvgIpc) is 2.72. The number of aliphatic carboxylic acids is 1. The molecule has 6 heteroatoms. The van der Waals surface area contributed by atoms with E-state index in [1.807, 2.05) is 12.1 Å². The van der Waals surface area contributed by atoms with Crippen molar-refractivity contribution >= 4 is 22.9 Å². The number of fused-ring (bicyclic) bond motifs is 1. The van der Waals surface area contributed by atoms with E-state index >= 15 is 0 Å². The number of nitrogens with zero attached hydrogens (tertiary/aromatic N) is 1.